The van der Waals surface area contributed by atoms with Gasteiger partial charge in [-0.2, -0.15) is 0 Å². The first-order valence-electron chi connectivity index (χ1n) is 18.0. The first-order valence-corrected chi connectivity index (χ1v) is 18.0. The van der Waals surface area contributed by atoms with Gasteiger partial charge >= 0.3 is 11.2 Å². The molecule has 0 atom stereocenters. The maximum atomic E-state index is 6.80. The van der Waals surface area contributed by atoms with E-state index in [1.54, 1.807) is 11.1 Å². The van der Waals surface area contributed by atoms with Gasteiger partial charge in [0.1, 0.15) is 5.76 Å². The molecule has 0 aromatic heterocycles. The van der Waals surface area contributed by atoms with Crippen molar-refractivity contribution in [3.63, 3.8) is 0 Å². The van der Waals surface area contributed by atoms with Gasteiger partial charge in [-0.3, -0.25) is 0 Å². The monoisotopic (exact) mass is 597 g/mol. The van der Waals surface area contributed by atoms with Crippen molar-refractivity contribution in [3.05, 3.63) is 116 Å². The minimum absolute atomic E-state index is 0.0843. The lowest BCUT2D eigenvalue weighted by molar-refractivity contribution is 0.0114. The van der Waals surface area contributed by atoms with Crippen molar-refractivity contribution in [2.24, 2.45) is 0 Å². The van der Waals surface area contributed by atoms with Crippen molar-refractivity contribution in [2.75, 3.05) is 0 Å². The van der Waals surface area contributed by atoms with Crippen molar-refractivity contribution < 1.29 is 4.74 Å². The molecule has 0 bridgehead atoms. The van der Waals surface area contributed by atoms with Crippen LogP contribution in [0.15, 0.2) is 94.0 Å². The smallest absolute Gasteiger partial charge is 0.408 e. The van der Waals surface area contributed by atoms with Gasteiger partial charge in [0, 0.05) is 17.1 Å². The van der Waals surface area contributed by atoms with E-state index in [-0.39, 0.29) is 5.41 Å². The van der Waals surface area contributed by atoms with Gasteiger partial charge in [-0.05, 0) is 114 Å². The molecule has 1 spiro atoms. The molecule has 2 aromatic carbocycles. The van der Waals surface area contributed by atoms with Crippen LogP contribution in [0.5, 0.6) is 0 Å². The van der Waals surface area contributed by atoms with E-state index in [9.17, 15) is 0 Å². The molecule has 2 heteroatoms. The van der Waals surface area contributed by atoms with E-state index in [2.05, 4.69) is 86.0 Å². The molecular weight excluding hydrogens is 548 g/mol. The lowest BCUT2D eigenvalue weighted by atomic mass is 9.69. The van der Waals surface area contributed by atoms with Crippen LogP contribution in [0.2, 0.25) is 0 Å². The molecule has 4 aliphatic carbocycles. The van der Waals surface area contributed by atoms with Crippen molar-refractivity contribution >= 4 is 11.1 Å². The Labute approximate surface area is 270 Å². The molecule has 0 radical (unpaired) electrons. The average Bonchev–Trinajstić information content (AvgIpc) is 3.26. The van der Waals surface area contributed by atoms with Gasteiger partial charge in [-0.25, -0.2) is 4.42 Å². The summed E-state index contributed by atoms with van der Waals surface area (Å²) >= 11 is 0. The zero-order chi connectivity index (χ0) is 30.7. The third-order valence-electron chi connectivity index (χ3n) is 10.9. The van der Waals surface area contributed by atoms with Crippen LogP contribution in [0.25, 0.3) is 22.3 Å². The molecule has 0 saturated heterocycles. The predicted octanol–water partition coefficient (Wildman–Crippen LogP) is 10.5. The summed E-state index contributed by atoms with van der Waals surface area (Å²) in [5.41, 5.74) is 17.6. The van der Waals surface area contributed by atoms with Crippen LogP contribution < -0.4 is 10.6 Å². The lowest BCUT2D eigenvalue weighted by Crippen LogP contribution is -2.35. The number of ether oxygens (including phenoxy) is 1. The number of hydrogen-bond acceptors (Lipinski definition) is 1. The molecule has 2 aromatic rings. The van der Waals surface area contributed by atoms with E-state index in [1.807, 2.05) is 6.08 Å². The Kier molecular flexibility index (Phi) is 8.72. The third-order valence-corrected chi connectivity index (χ3v) is 10.9. The average molecular weight is 598 g/mol. The highest BCUT2D eigenvalue weighted by Crippen LogP contribution is 2.55. The van der Waals surface area contributed by atoms with Crippen molar-refractivity contribution in [3.8, 4) is 11.1 Å². The largest absolute Gasteiger partial charge is 0.429 e. The van der Waals surface area contributed by atoms with Crippen LogP contribution in [0.1, 0.15) is 128 Å². The maximum absolute atomic E-state index is 6.80. The fourth-order valence-corrected chi connectivity index (χ4v) is 8.52. The van der Waals surface area contributed by atoms with Gasteiger partial charge in [-0.1, -0.05) is 83.8 Å². The molecule has 1 saturated carbocycles. The number of allylic oxidation sites excluding steroid dienone is 5. The molecule has 232 valence electrons. The van der Waals surface area contributed by atoms with E-state index < -0.39 is 5.79 Å². The fraction of sp³-hybridized carbons (Fsp3) is 0.465. The molecule has 1 aliphatic heterocycles. The molecule has 0 unspecified atom stereocenters. The Morgan fingerprint density at radius 2 is 1.56 bits per heavy atom. The standard InChI is InChI=1S/C43H49O2/c1-3-5-7-14-26-42(27-15-8-6-4-2)38-20-12-10-18-34(38)35-24-22-33(31-39(35)42)32-23-25-41-37(30-32)36-19-11-13-21-40(36)44-43(45-41)28-16-9-17-29-43/h10,13,19-25,30-31H,3-9,14-18,26-29H2,1-2H3/q+1. The molecule has 1 heterocycles. The van der Waals surface area contributed by atoms with Crippen LogP contribution in [0.4, 0.5) is 0 Å². The molecule has 45 heavy (non-hydrogen) atoms. The predicted molar refractivity (Wildman–Crippen MR) is 188 cm³/mol. The third kappa shape index (κ3) is 5.69. The van der Waals surface area contributed by atoms with Crippen molar-refractivity contribution in [1.29, 1.82) is 0 Å². The Bertz CT molecular complexity index is 1760. The van der Waals surface area contributed by atoms with E-state index in [0.717, 1.165) is 54.1 Å². The van der Waals surface area contributed by atoms with Crippen LogP contribution >= 0.6 is 0 Å². The van der Waals surface area contributed by atoms with Gasteiger partial charge in [-0.15, -0.1) is 11.5 Å². The Morgan fingerprint density at radius 1 is 0.800 bits per heavy atom. The number of unbranched alkanes of at least 4 members (excludes halogenated alkanes) is 6. The Balaban J connectivity index is 1.34. The Morgan fingerprint density at radius 3 is 2.33 bits per heavy atom. The summed E-state index contributed by atoms with van der Waals surface area (Å²) in [6.07, 6.45) is 29.9. The molecule has 0 amide bonds. The van der Waals surface area contributed by atoms with E-state index in [4.69, 9.17) is 9.16 Å². The molecule has 1 fully saturated rings. The van der Waals surface area contributed by atoms with Crippen molar-refractivity contribution in [1.82, 2.24) is 0 Å². The highest BCUT2D eigenvalue weighted by atomic mass is 16.7. The van der Waals surface area contributed by atoms with Gasteiger partial charge in [0.05, 0.1) is 18.1 Å². The minimum Gasteiger partial charge on any atom is -0.408 e. The van der Waals surface area contributed by atoms with Crippen LogP contribution in [-0.4, -0.2) is 5.79 Å². The highest BCUT2D eigenvalue weighted by Gasteiger charge is 2.48. The summed E-state index contributed by atoms with van der Waals surface area (Å²) < 4.78 is 13.5. The fourth-order valence-electron chi connectivity index (χ4n) is 8.52. The SMILES string of the molecule is CCCCCCC1(CCCCCC)C2=C(CC=C=C2)c2ccc(-c3ccc4c(c3)=C3C=C=CC=C3OC3(CCCCC3)[O+]=4)cc21. The van der Waals surface area contributed by atoms with Gasteiger partial charge in [0.2, 0.25) is 0 Å². The Hall–Kier alpha value is -3.57. The van der Waals surface area contributed by atoms with E-state index >= 15 is 0 Å². The van der Waals surface area contributed by atoms with Crippen LogP contribution in [-0.2, 0) is 10.2 Å². The van der Waals surface area contributed by atoms with Crippen molar-refractivity contribution in [2.45, 2.75) is 128 Å². The quantitative estimate of drug-likeness (QED) is 0.143. The number of rotatable bonds is 11. The van der Waals surface area contributed by atoms with Gasteiger partial charge in [0.15, 0.2) is 0 Å². The van der Waals surface area contributed by atoms with E-state index in [1.165, 1.54) is 92.9 Å². The zero-order valence-electron chi connectivity index (χ0n) is 27.5. The van der Waals surface area contributed by atoms with Crippen LogP contribution in [0, 0.1) is 0 Å². The van der Waals surface area contributed by atoms with Gasteiger partial charge in [0.25, 0.3) is 0 Å². The summed E-state index contributed by atoms with van der Waals surface area (Å²) in [7, 11) is 0. The second-order valence-corrected chi connectivity index (χ2v) is 13.9. The second kappa shape index (κ2) is 13.0. The number of fused-ring (bicyclic) bond motifs is 4. The first-order chi connectivity index (χ1) is 22.2. The summed E-state index contributed by atoms with van der Waals surface area (Å²) in [4.78, 5) is 0. The lowest BCUT2D eigenvalue weighted by Gasteiger charge is -2.34. The summed E-state index contributed by atoms with van der Waals surface area (Å²) in [5.74, 6) is 0.339. The summed E-state index contributed by atoms with van der Waals surface area (Å²) in [6, 6.07) is 14.1. The molecule has 0 N–H and O–H groups in total. The summed E-state index contributed by atoms with van der Waals surface area (Å²) in [6.45, 7) is 4.63. The topological polar surface area (TPSA) is 20.5 Å². The molecule has 2 nitrogen and oxygen atoms in total. The number of benzene rings is 2. The molecule has 7 rings (SSSR count). The maximum Gasteiger partial charge on any atom is 0.429 e. The van der Waals surface area contributed by atoms with Gasteiger partial charge < -0.3 is 4.74 Å². The number of hydrogen-bond donors (Lipinski definition) is 0. The van der Waals surface area contributed by atoms with E-state index in [0.29, 0.717) is 0 Å². The second-order valence-electron chi connectivity index (χ2n) is 13.9. The molecular formula is C43H49O2+. The molecule has 5 aliphatic rings. The normalized spacial score (nSPS) is 19.8. The summed E-state index contributed by atoms with van der Waals surface area (Å²) in [5, 5.41) is 1.11. The first kappa shape index (κ1) is 30.1. The highest BCUT2D eigenvalue weighted by molar-refractivity contribution is 5.86. The zero-order valence-corrected chi connectivity index (χ0v) is 27.5. The minimum atomic E-state index is -0.573. The van der Waals surface area contributed by atoms with Crippen LogP contribution in [0.3, 0.4) is 0 Å².